The molecular formula is C23H29ClN2O4. The first-order chi connectivity index (χ1) is 14.6. The Balaban J connectivity index is 1.54. The zero-order valence-corrected chi connectivity index (χ0v) is 18.6. The van der Waals surface area contributed by atoms with Gasteiger partial charge in [-0.15, -0.1) is 0 Å². The van der Waals surface area contributed by atoms with E-state index in [1.54, 1.807) is 21.3 Å². The van der Waals surface area contributed by atoms with E-state index in [4.69, 9.17) is 25.8 Å². The highest BCUT2D eigenvalue weighted by Crippen LogP contribution is 2.40. The molecule has 0 aliphatic carbocycles. The molecule has 0 N–H and O–H groups in total. The molecule has 1 fully saturated rings. The van der Waals surface area contributed by atoms with Crippen LogP contribution in [0.3, 0.4) is 0 Å². The van der Waals surface area contributed by atoms with Gasteiger partial charge < -0.3 is 19.1 Å². The minimum Gasteiger partial charge on any atom is -0.493 e. The standard InChI is InChI=1S/C23H29ClN2O4/c1-28-20-10-8-18(22(29-2)23(20)30-3)16-25-12-14-26(15-13-25)21(27)11-9-17-6-4-5-7-19(17)24/h4-8,10H,9,11-16H2,1-3H3. The fraction of sp³-hybridized carbons (Fsp3) is 0.435. The fourth-order valence-corrected chi connectivity index (χ4v) is 4.02. The molecule has 1 heterocycles. The number of hydrogen-bond acceptors (Lipinski definition) is 5. The molecule has 162 valence electrons. The summed E-state index contributed by atoms with van der Waals surface area (Å²) in [5.41, 5.74) is 2.06. The quantitative estimate of drug-likeness (QED) is 0.637. The van der Waals surface area contributed by atoms with Crippen molar-refractivity contribution < 1.29 is 19.0 Å². The Morgan fingerprint density at radius 1 is 0.900 bits per heavy atom. The minimum absolute atomic E-state index is 0.179. The molecule has 1 aliphatic heterocycles. The van der Waals surface area contributed by atoms with Crippen molar-refractivity contribution in [3.8, 4) is 17.2 Å². The molecule has 30 heavy (non-hydrogen) atoms. The first-order valence-electron chi connectivity index (χ1n) is 10.1. The maximum Gasteiger partial charge on any atom is 0.222 e. The van der Waals surface area contributed by atoms with Gasteiger partial charge in [0.15, 0.2) is 11.5 Å². The number of benzene rings is 2. The number of ether oxygens (including phenoxy) is 3. The van der Waals surface area contributed by atoms with Crippen LogP contribution >= 0.6 is 11.6 Å². The molecule has 6 nitrogen and oxygen atoms in total. The summed E-state index contributed by atoms with van der Waals surface area (Å²) in [6, 6.07) is 11.6. The van der Waals surface area contributed by atoms with Crippen LogP contribution < -0.4 is 14.2 Å². The summed E-state index contributed by atoms with van der Waals surface area (Å²) >= 11 is 6.20. The van der Waals surface area contributed by atoms with Crippen LogP contribution in [0.15, 0.2) is 36.4 Å². The smallest absolute Gasteiger partial charge is 0.222 e. The van der Waals surface area contributed by atoms with Crippen LogP contribution in [0.25, 0.3) is 0 Å². The number of carbonyl (C=O) groups is 1. The van der Waals surface area contributed by atoms with E-state index in [9.17, 15) is 4.79 Å². The highest BCUT2D eigenvalue weighted by Gasteiger charge is 2.23. The van der Waals surface area contributed by atoms with Gasteiger partial charge in [-0.1, -0.05) is 35.9 Å². The molecule has 0 aromatic heterocycles. The number of nitrogens with zero attached hydrogens (tertiary/aromatic N) is 2. The van der Waals surface area contributed by atoms with E-state index >= 15 is 0 Å². The third-order valence-corrected chi connectivity index (χ3v) is 5.84. The molecule has 0 bridgehead atoms. The maximum atomic E-state index is 12.6. The second-order valence-corrected chi connectivity index (χ2v) is 7.65. The monoisotopic (exact) mass is 432 g/mol. The lowest BCUT2D eigenvalue weighted by Gasteiger charge is -2.35. The van der Waals surface area contributed by atoms with Crippen molar-refractivity contribution in [2.45, 2.75) is 19.4 Å². The Kier molecular flexibility index (Phi) is 7.82. The fourth-order valence-electron chi connectivity index (χ4n) is 3.78. The average molecular weight is 433 g/mol. The van der Waals surface area contributed by atoms with E-state index in [-0.39, 0.29) is 5.91 Å². The summed E-state index contributed by atoms with van der Waals surface area (Å²) in [7, 11) is 4.85. The first-order valence-corrected chi connectivity index (χ1v) is 10.5. The molecule has 2 aromatic rings. The van der Waals surface area contributed by atoms with Gasteiger partial charge in [0.05, 0.1) is 21.3 Å². The van der Waals surface area contributed by atoms with Crippen LogP contribution in [-0.4, -0.2) is 63.2 Å². The molecule has 0 unspecified atom stereocenters. The number of carbonyl (C=O) groups excluding carboxylic acids is 1. The highest BCUT2D eigenvalue weighted by atomic mass is 35.5. The molecular weight excluding hydrogens is 404 g/mol. The third kappa shape index (κ3) is 5.18. The summed E-state index contributed by atoms with van der Waals surface area (Å²) in [6.07, 6.45) is 1.15. The Hall–Kier alpha value is -2.44. The lowest BCUT2D eigenvalue weighted by Crippen LogP contribution is -2.48. The molecule has 2 aromatic carbocycles. The first kappa shape index (κ1) is 22.2. The molecule has 0 atom stereocenters. The SMILES string of the molecule is COc1ccc(CN2CCN(C(=O)CCc3ccccc3Cl)CC2)c(OC)c1OC. The highest BCUT2D eigenvalue weighted by molar-refractivity contribution is 6.31. The summed E-state index contributed by atoms with van der Waals surface area (Å²) in [5, 5.41) is 0.721. The van der Waals surface area contributed by atoms with Crippen molar-refractivity contribution in [2.24, 2.45) is 0 Å². The largest absolute Gasteiger partial charge is 0.493 e. The van der Waals surface area contributed by atoms with Gasteiger partial charge in [0.2, 0.25) is 11.7 Å². The predicted octanol–water partition coefficient (Wildman–Crippen LogP) is 3.64. The predicted molar refractivity (Wildman–Crippen MR) is 118 cm³/mol. The Labute approximate surface area is 183 Å². The molecule has 1 aliphatic rings. The molecule has 1 saturated heterocycles. The van der Waals surface area contributed by atoms with E-state index in [0.717, 1.165) is 48.9 Å². The molecule has 3 rings (SSSR count). The second kappa shape index (κ2) is 10.5. The number of hydrogen-bond donors (Lipinski definition) is 0. The number of methoxy groups -OCH3 is 3. The van der Waals surface area contributed by atoms with Gasteiger partial charge in [0.1, 0.15) is 0 Å². The third-order valence-electron chi connectivity index (χ3n) is 5.47. The Morgan fingerprint density at radius 2 is 1.60 bits per heavy atom. The lowest BCUT2D eigenvalue weighted by atomic mass is 10.1. The van der Waals surface area contributed by atoms with Gasteiger partial charge in [0, 0.05) is 49.7 Å². The van der Waals surface area contributed by atoms with Gasteiger partial charge >= 0.3 is 0 Å². The average Bonchev–Trinajstić information content (AvgIpc) is 2.78. The van der Waals surface area contributed by atoms with Crippen LogP contribution in [0.4, 0.5) is 0 Å². The van der Waals surface area contributed by atoms with Crippen molar-refractivity contribution in [2.75, 3.05) is 47.5 Å². The van der Waals surface area contributed by atoms with Crippen LogP contribution in [-0.2, 0) is 17.8 Å². The normalized spacial score (nSPS) is 14.5. The van der Waals surface area contributed by atoms with E-state index in [0.29, 0.717) is 30.1 Å². The van der Waals surface area contributed by atoms with Gasteiger partial charge in [-0.25, -0.2) is 0 Å². The van der Waals surface area contributed by atoms with Crippen molar-refractivity contribution in [1.29, 1.82) is 0 Å². The summed E-state index contributed by atoms with van der Waals surface area (Å²) < 4.78 is 16.4. The van der Waals surface area contributed by atoms with Crippen LogP contribution in [0.5, 0.6) is 17.2 Å². The Bertz CT molecular complexity index is 866. The molecule has 1 amide bonds. The maximum absolute atomic E-state index is 12.6. The van der Waals surface area contributed by atoms with Gasteiger partial charge in [-0.2, -0.15) is 0 Å². The number of aryl methyl sites for hydroxylation is 1. The minimum atomic E-state index is 0.179. The number of amides is 1. The second-order valence-electron chi connectivity index (χ2n) is 7.24. The topological polar surface area (TPSA) is 51.2 Å². The van der Waals surface area contributed by atoms with E-state index in [1.165, 1.54) is 0 Å². The van der Waals surface area contributed by atoms with Crippen LogP contribution in [0, 0.1) is 0 Å². The molecule has 0 spiro atoms. The van der Waals surface area contributed by atoms with E-state index in [1.807, 2.05) is 41.3 Å². The summed E-state index contributed by atoms with van der Waals surface area (Å²) in [5.74, 6) is 2.12. The van der Waals surface area contributed by atoms with Gasteiger partial charge in [-0.3, -0.25) is 9.69 Å². The molecule has 0 radical (unpaired) electrons. The number of halogens is 1. The van der Waals surface area contributed by atoms with Crippen LogP contribution in [0.1, 0.15) is 17.5 Å². The zero-order valence-electron chi connectivity index (χ0n) is 17.8. The van der Waals surface area contributed by atoms with Gasteiger partial charge in [-0.05, 0) is 24.1 Å². The van der Waals surface area contributed by atoms with Crippen molar-refractivity contribution >= 4 is 17.5 Å². The molecule has 0 saturated carbocycles. The molecule has 7 heteroatoms. The van der Waals surface area contributed by atoms with Crippen molar-refractivity contribution in [1.82, 2.24) is 9.80 Å². The van der Waals surface area contributed by atoms with E-state index in [2.05, 4.69) is 4.90 Å². The lowest BCUT2D eigenvalue weighted by molar-refractivity contribution is -0.133. The van der Waals surface area contributed by atoms with Crippen molar-refractivity contribution in [3.05, 3.63) is 52.5 Å². The number of rotatable bonds is 8. The van der Waals surface area contributed by atoms with E-state index < -0.39 is 0 Å². The van der Waals surface area contributed by atoms with Crippen LogP contribution in [0.2, 0.25) is 5.02 Å². The number of piperazine rings is 1. The van der Waals surface area contributed by atoms with Crippen molar-refractivity contribution in [3.63, 3.8) is 0 Å². The Morgan fingerprint density at radius 3 is 2.23 bits per heavy atom. The van der Waals surface area contributed by atoms with Gasteiger partial charge in [0.25, 0.3) is 0 Å². The summed E-state index contributed by atoms with van der Waals surface area (Å²) in [4.78, 5) is 16.9. The summed E-state index contributed by atoms with van der Waals surface area (Å²) in [6.45, 7) is 3.80. The zero-order chi connectivity index (χ0) is 21.5.